The van der Waals surface area contributed by atoms with Crippen LogP contribution in [0.3, 0.4) is 0 Å². The third kappa shape index (κ3) is 7.81. The summed E-state index contributed by atoms with van der Waals surface area (Å²) in [6, 6.07) is 22.8. The molecule has 1 heterocycles. The molecule has 1 N–H and O–H groups in total. The van der Waals surface area contributed by atoms with Crippen molar-refractivity contribution in [3.05, 3.63) is 78.4 Å². The van der Waals surface area contributed by atoms with E-state index in [1.54, 1.807) is 23.1 Å². The van der Waals surface area contributed by atoms with Crippen LogP contribution in [-0.2, 0) is 14.3 Å². The number of hydrazone groups is 1. The highest BCUT2D eigenvalue weighted by Gasteiger charge is 2.18. The summed E-state index contributed by atoms with van der Waals surface area (Å²) in [7, 11) is 0. The summed E-state index contributed by atoms with van der Waals surface area (Å²) in [5.74, 6) is 1.05. The molecule has 0 unspecified atom stereocenters. The maximum absolute atomic E-state index is 12.4. The van der Waals surface area contributed by atoms with Crippen LogP contribution in [0.4, 0.5) is 0 Å². The van der Waals surface area contributed by atoms with Crippen LogP contribution in [0.1, 0.15) is 12.5 Å². The van der Waals surface area contributed by atoms with Crippen LogP contribution in [0, 0.1) is 0 Å². The molecule has 1 fully saturated rings. The highest BCUT2D eigenvalue weighted by molar-refractivity contribution is 5.84. The van der Waals surface area contributed by atoms with Gasteiger partial charge in [-0.15, -0.1) is 0 Å². The van der Waals surface area contributed by atoms with Gasteiger partial charge in [-0.2, -0.15) is 5.10 Å². The Kier molecular flexibility index (Phi) is 9.69. The molecule has 0 aliphatic carbocycles. The molecule has 3 aromatic rings. The monoisotopic (exact) mass is 517 g/mol. The fraction of sp³-hybridized carbons (Fsp3) is 0.276. The van der Waals surface area contributed by atoms with E-state index < -0.39 is 0 Å². The van der Waals surface area contributed by atoms with Gasteiger partial charge in [0.2, 0.25) is 0 Å². The molecule has 9 nitrogen and oxygen atoms in total. The minimum absolute atomic E-state index is 0.0848. The summed E-state index contributed by atoms with van der Waals surface area (Å²) >= 11 is 0. The lowest BCUT2D eigenvalue weighted by molar-refractivity contribution is -0.137. The molecule has 3 aromatic carbocycles. The maximum Gasteiger partial charge on any atom is 0.277 e. The Morgan fingerprint density at radius 3 is 2.37 bits per heavy atom. The zero-order valence-corrected chi connectivity index (χ0v) is 21.3. The van der Waals surface area contributed by atoms with Crippen LogP contribution < -0.4 is 19.6 Å². The van der Waals surface area contributed by atoms with Gasteiger partial charge in [-0.25, -0.2) is 5.43 Å². The van der Waals surface area contributed by atoms with Crippen LogP contribution in [0.25, 0.3) is 11.1 Å². The molecule has 0 spiro atoms. The van der Waals surface area contributed by atoms with E-state index in [9.17, 15) is 9.59 Å². The minimum atomic E-state index is -0.389. The molecule has 0 atom stereocenters. The van der Waals surface area contributed by atoms with E-state index in [4.69, 9.17) is 18.9 Å². The zero-order chi connectivity index (χ0) is 26.6. The fourth-order valence-electron chi connectivity index (χ4n) is 3.77. The highest BCUT2D eigenvalue weighted by atomic mass is 16.5. The van der Waals surface area contributed by atoms with Gasteiger partial charge in [0.1, 0.15) is 5.75 Å². The molecule has 1 aliphatic heterocycles. The summed E-state index contributed by atoms with van der Waals surface area (Å²) in [4.78, 5) is 26.2. The molecular weight excluding hydrogens is 486 g/mol. The number of nitrogens with zero attached hydrogens (tertiary/aromatic N) is 2. The van der Waals surface area contributed by atoms with Gasteiger partial charge >= 0.3 is 0 Å². The number of ether oxygens (including phenoxy) is 4. The molecule has 0 bridgehead atoms. The average Bonchev–Trinajstić information content (AvgIpc) is 2.97. The number of rotatable bonds is 11. The first-order valence-corrected chi connectivity index (χ1v) is 12.5. The molecule has 9 heteroatoms. The summed E-state index contributed by atoms with van der Waals surface area (Å²) in [5.41, 5.74) is 5.33. The molecule has 38 heavy (non-hydrogen) atoms. The van der Waals surface area contributed by atoms with Crippen LogP contribution >= 0.6 is 0 Å². The highest BCUT2D eigenvalue weighted by Crippen LogP contribution is 2.28. The Morgan fingerprint density at radius 2 is 1.63 bits per heavy atom. The second kappa shape index (κ2) is 13.8. The number of benzene rings is 3. The predicted molar refractivity (Wildman–Crippen MR) is 144 cm³/mol. The Bertz CT molecular complexity index is 1220. The third-order valence-corrected chi connectivity index (χ3v) is 5.72. The lowest BCUT2D eigenvalue weighted by Gasteiger charge is -2.26. The van der Waals surface area contributed by atoms with Crippen molar-refractivity contribution in [3.8, 4) is 28.4 Å². The third-order valence-electron chi connectivity index (χ3n) is 5.72. The quantitative estimate of drug-likeness (QED) is 0.309. The number of hydrogen-bond acceptors (Lipinski definition) is 7. The standard InChI is InChI=1S/C29H31N3O6/c1-2-36-27-18-22(8-13-26(27)38-21-29(34)32-14-16-35-17-15-32)19-30-31-28(33)20-37-25-11-9-24(10-12-25)23-6-4-3-5-7-23/h3-13,18-19H,2,14-17,20-21H2,1H3,(H,31,33)/b30-19+. The van der Waals surface area contributed by atoms with Crippen molar-refractivity contribution in [3.63, 3.8) is 0 Å². The van der Waals surface area contributed by atoms with E-state index in [0.29, 0.717) is 55.7 Å². The smallest absolute Gasteiger partial charge is 0.277 e. The summed E-state index contributed by atoms with van der Waals surface area (Å²) < 4.78 is 22.2. The van der Waals surface area contributed by atoms with Gasteiger partial charge in [0, 0.05) is 13.1 Å². The molecule has 0 radical (unpaired) electrons. The first-order chi connectivity index (χ1) is 18.6. The maximum atomic E-state index is 12.4. The van der Waals surface area contributed by atoms with Gasteiger partial charge < -0.3 is 23.8 Å². The van der Waals surface area contributed by atoms with Crippen molar-refractivity contribution >= 4 is 18.0 Å². The Balaban J connectivity index is 1.25. The number of carbonyl (C=O) groups excluding carboxylic acids is 2. The topological polar surface area (TPSA) is 98.7 Å². The van der Waals surface area contributed by atoms with Crippen molar-refractivity contribution in [2.24, 2.45) is 5.10 Å². The molecule has 1 saturated heterocycles. The van der Waals surface area contributed by atoms with E-state index in [2.05, 4.69) is 10.5 Å². The van der Waals surface area contributed by atoms with Crippen molar-refractivity contribution < 1.29 is 28.5 Å². The summed E-state index contributed by atoms with van der Waals surface area (Å²) in [6.45, 7) is 4.23. The number of amides is 2. The molecule has 1 aliphatic rings. The van der Waals surface area contributed by atoms with Crippen molar-refractivity contribution in [1.29, 1.82) is 0 Å². The fourth-order valence-corrected chi connectivity index (χ4v) is 3.77. The Morgan fingerprint density at radius 1 is 0.895 bits per heavy atom. The van der Waals surface area contributed by atoms with Crippen LogP contribution in [0.5, 0.6) is 17.2 Å². The van der Waals surface area contributed by atoms with Crippen molar-refractivity contribution in [1.82, 2.24) is 10.3 Å². The van der Waals surface area contributed by atoms with Gasteiger partial charge in [0.05, 0.1) is 26.0 Å². The van der Waals surface area contributed by atoms with Crippen LogP contribution in [0.15, 0.2) is 77.9 Å². The second-order valence-corrected chi connectivity index (χ2v) is 8.39. The first kappa shape index (κ1) is 26.7. The van der Waals surface area contributed by atoms with Gasteiger partial charge in [0.15, 0.2) is 24.7 Å². The van der Waals surface area contributed by atoms with E-state index in [1.807, 2.05) is 61.5 Å². The Labute approximate surface area is 222 Å². The summed E-state index contributed by atoms with van der Waals surface area (Å²) in [5, 5.41) is 4.00. The van der Waals surface area contributed by atoms with Crippen LogP contribution in [-0.4, -0.2) is 69.1 Å². The molecule has 198 valence electrons. The minimum Gasteiger partial charge on any atom is -0.490 e. The average molecular weight is 518 g/mol. The van der Waals surface area contributed by atoms with Gasteiger partial charge in [-0.05, 0) is 53.9 Å². The zero-order valence-electron chi connectivity index (χ0n) is 21.3. The lowest BCUT2D eigenvalue weighted by atomic mass is 10.1. The molecule has 4 rings (SSSR count). The second-order valence-electron chi connectivity index (χ2n) is 8.39. The van der Waals surface area contributed by atoms with E-state index in [1.165, 1.54) is 6.21 Å². The van der Waals surface area contributed by atoms with Crippen molar-refractivity contribution in [2.45, 2.75) is 6.92 Å². The molecular formula is C29H31N3O6. The van der Waals surface area contributed by atoms with E-state index in [-0.39, 0.29) is 25.0 Å². The molecule has 0 aromatic heterocycles. The van der Waals surface area contributed by atoms with E-state index >= 15 is 0 Å². The van der Waals surface area contributed by atoms with Gasteiger partial charge in [-0.1, -0.05) is 42.5 Å². The van der Waals surface area contributed by atoms with Gasteiger partial charge in [0.25, 0.3) is 11.8 Å². The SMILES string of the molecule is CCOc1cc(/C=N/NC(=O)COc2ccc(-c3ccccc3)cc2)ccc1OCC(=O)N1CCOCC1. The van der Waals surface area contributed by atoms with Crippen molar-refractivity contribution in [2.75, 3.05) is 46.1 Å². The number of morpholine rings is 1. The molecule has 2 amide bonds. The lowest BCUT2D eigenvalue weighted by Crippen LogP contribution is -2.43. The predicted octanol–water partition coefficient (Wildman–Crippen LogP) is 3.52. The largest absolute Gasteiger partial charge is 0.490 e. The normalized spacial score (nSPS) is 13.2. The number of carbonyl (C=O) groups is 2. The Hall–Kier alpha value is -4.37. The first-order valence-electron chi connectivity index (χ1n) is 12.5. The summed E-state index contributed by atoms with van der Waals surface area (Å²) in [6.07, 6.45) is 1.50. The van der Waals surface area contributed by atoms with Crippen LogP contribution in [0.2, 0.25) is 0 Å². The number of hydrogen-bond donors (Lipinski definition) is 1. The van der Waals surface area contributed by atoms with Gasteiger partial charge in [-0.3, -0.25) is 9.59 Å². The van der Waals surface area contributed by atoms with E-state index in [0.717, 1.165) is 11.1 Å². The number of nitrogens with one attached hydrogen (secondary N) is 1. The molecule has 0 saturated carbocycles.